The zero-order valence-corrected chi connectivity index (χ0v) is 10.2. The monoisotopic (exact) mass is 229 g/mol. The van der Waals surface area contributed by atoms with Crippen molar-refractivity contribution in [2.45, 2.75) is 32.6 Å². The minimum atomic E-state index is -0.676. The van der Waals surface area contributed by atoms with Crippen LogP contribution in [0.1, 0.15) is 32.6 Å². The molecule has 4 heteroatoms. The largest absolute Gasteiger partial charge is 0.481 e. The second-order valence-corrected chi connectivity index (χ2v) is 4.50. The molecule has 1 saturated heterocycles. The van der Waals surface area contributed by atoms with Crippen LogP contribution in [-0.2, 0) is 9.53 Å². The van der Waals surface area contributed by atoms with Gasteiger partial charge in [0, 0.05) is 26.1 Å². The lowest BCUT2D eigenvalue weighted by Crippen LogP contribution is -2.25. The van der Waals surface area contributed by atoms with E-state index in [0.717, 1.165) is 52.1 Å². The molecule has 1 aliphatic rings. The second kappa shape index (κ2) is 7.63. The van der Waals surface area contributed by atoms with Crippen molar-refractivity contribution in [2.24, 2.45) is 5.92 Å². The number of ether oxygens (including phenoxy) is 1. The third-order valence-corrected chi connectivity index (χ3v) is 3.04. The number of hydrogen-bond acceptors (Lipinski definition) is 3. The number of rotatable bonds is 8. The van der Waals surface area contributed by atoms with Crippen molar-refractivity contribution in [1.29, 1.82) is 0 Å². The van der Waals surface area contributed by atoms with Gasteiger partial charge >= 0.3 is 5.97 Å². The van der Waals surface area contributed by atoms with E-state index in [1.807, 2.05) is 0 Å². The molecule has 0 spiro atoms. The normalized spacial score (nSPS) is 21.4. The summed E-state index contributed by atoms with van der Waals surface area (Å²) in [7, 11) is 0. The Labute approximate surface area is 97.6 Å². The molecule has 1 atom stereocenters. The van der Waals surface area contributed by atoms with Crippen molar-refractivity contribution in [3.8, 4) is 0 Å². The molecule has 4 nitrogen and oxygen atoms in total. The van der Waals surface area contributed by atoms with E-state index in [4.69, 9.17) is 9.84 Å². The van der Waals surface area contributed by atoms with Crippen LogP contribution in [0.25, 0.3) is 0 Å². The molecule has 0 radical (unpaired) electrons. The molecule has 0 bridgehead atoms. The van der Waals surface area contributed by atoms with Crippen LogP contribution in [-0.4, -0.2) is 48.8 Å². The summed E-state index contributed by atoms with van der Waals surface area (Å²) in [5.74, 6) is -0.105. The number of hydrogen-bond donors (Lipinski definition) is 1. The fourth-order valence-electron chi connectivity index (χ4n) is 2.12. The fourth-order valence-corrected chi connectivity index (χ4v) is 2.12. The first-order valence-corrected chi connectivity index (χ1v) is 6.24. The number of carboxylic acids is 1. The van der Waals surface area contributed by atoms with Crippen LogP contribution in [0.4, 0.5) is 0 Å². The molecule has 1 fully saturated rings. The highest BCUT2D eigenvalue weighted by molar-refractivity contribution is 5.66. The number of likely N-dealkylation sites (tertiary alicyclic amines) is 1. The predicted octanol–water partition coefficient (Wildman–Crippen LogP) is 1.60. The summed E-state index contributed by atoms with van der Waals surface area (Å²) in [5.41, 5.74) is 0. The maximum absolute atomic E-state index is 10.4. The lowest BCUT2D eigenvalue weighted by Gasteiger charge is -2.15. The van der Waals surface area contributed by atoms with E-state index in [9.17, 15) is 4.79 Å². The van der Waals surface area contributed by atoms with Gasteiger partial charge in [-0.1, -0.05) is 6.92 Å². The molecule has 0 amide bonds. The number of nitrogens with zero attached hydrogens (tertiary/aromatic N) is 1. The SMILES string of the molecule is CCCOCCN1CCC(CCC(=O)O)C1. The van der Waals surface area contributed by atoms with E-state index in [1.165, 1.54) is 0 Å². The van der Waals surface area contributed by atoms with Gasteiger partial charge in [0.15, 0.2) is 0 Å². The topological polar surface area (TPSA) is 49.8 Å². The maximum Gasteiger partial charge on any atom is 0.303 e. The Morgan fingerprint density at radius 2 is 2.31 bits per heavy atom. The van der Waals surface area contributed by atoms with E-state index in [2.05, 4.69) is 11.8 Å². The first-order chi connectivity index (χ1) is 7.72. The molecule has 1 unspecified atom stereocenters. The van der Waals surface area contributed by atoms with Gasteiger partial charge in [-0.15, -0.1) is 0 Å². The average molecular weight is 229 g/mol. The van der Waals surface area contributed by atoms with E-state index in [0.29, 0.717) is 12.3 Å². The minimum absolute atomic E-state index is 0.310. The van der Waals surface area contributed by atoms with Crippen LogP contribution < -0.4 is 0 Å². The molecule has 1 N–H and O–H groups in total. The third kappa shape index (κ3) is 5.47. The van der Waals surface area contributed by atoms with Gasteiger partial charge in [0.2, 0.25) is 0 Å². The Morgan fingerprint density at radius 1 is 1.50 bits per heavy atom. The molecule has 0 saturated carbocycles. The van der Waals surface area contributed by atoms with Crippen molar-refractivity contribution < 1.29 is 14.6 Å². The van der Waals surface area contributed by atoms with E-state index < -0.39 is 5.97 Å². The molecule has 94 valence electrons. The lowest BCUT2D eigenvalue weighted by atomic mass is 10.0. The van der Waals surface area contributed by atoms with Crippen LogP contribution in [0.2, 0.25) is 0 Å². The van der Waals surface area contributed by atoms with Crippen LogP contribution in [0.15, 0.2) is 0 Å². The fraction of sp³-hybridized carbons (Fsp3) is 0.917. The highest BCUT2D eigenvalue weighted by Gasteiger charge is 2.22. The minimum Gasteiger partial charge on any atom is -0.481 e. The molecule has 16 heavy (non-hydrogen) atoms. The van der Waals surface area contributed by atoms with Crippen LogP contribution in [0.3, 0.4) is 0 Å². The Morgan fingerprint density at radius 3 is 3.00 bits per heavy atom. The third-order valence-electron chi connectivity index (χ3n) is 3.04. The first-order valence-electron chi connectivity index (χ1n) is 6.24. The van der Waals surface area contributed by atoms with Crippen molar-refractivity contribution in [2.75, 3.05) is 32.8 Å². The summed E-state index contributed by atoms with van der Waals surface area (Å²) < 4.78 is 5.44. The molecule has 0 aromatic carbocycles. The molecule has 1 aliphatic heterocycles. The molecule has 0 aliphatic carbocycles. The zero-order valence-electron chi connectivity index (χ0n) is 10.2. The van der Waals surface area contributed by atoms with Crippen molar-refractivity contribution >= 4 is 5.97 Å². The van der Waals surface area contributed by atoms with Gasteiger partial charge in [-0.3, -0.25) is 4.79 Å². The van der Waals surface area contributed by atoms with Crippen molar-refractivity contribution in [3.63, 3.8) is 0 Å². The van der Waals surface area contributed by atoms with Gasteiger partial charge in [0.25, 0.3) is 0 Å². The van der Waals surface area contributed by atoms with E-state index >= 15 is 0 Å². The van der Waals surface area contributed by atoms with Crippen molar-refractivity contribution in [1.82, 2.24) is 4.90 Å². The Hall–Kier alpha value is -0.610. The molecular formula is C12H23NO3. The predicted molar refractivity (Wildman–Crippen MR) is 62.5 cm³/mol. The van der Waals surface area contributed by atoms with Crippen LogP contribution >= 0.6 is 0 Å². The first kappa shape index (κ1) is 13.5. The number of carboxylic acid groups (broad SMARTS) is 1. The summed E-state index contributed by atoms with van der Waals surface area (Å²) in [4.78, 5) is 12.8. The maximum atomic E-state index is 10.4. The molecule has 0 aromatic rings. The summed E-state index contributed by atoms with van der Waals surface area (Å²) in [6.45, 7) is 6.89. The molecular weight excluding hydrogens is 206 g/mol. The van der Waals surface area contributed by atoms with Crippen molar-refractivity contribution in [3.05, 3.63) is 0 Å². The number of carbonyl (C=O) groups is 1. The number of aliphatic carboxylic acids is 1. The standard InChI is InChI=1S/C12H23NO3/c1-2-8-16-9-7-13-6-5-11(10-13)3-4-12(14)15/h11H,2-10H2,1H3,(H,14,15). The molecule has 1 heterocycles. The molecule has 1 rings (SSSR count). The molecule has 0 aromatic heterocycles. The van der Waals surface area contributed by atoms with Crippen LogP contribution in [0.5, 0.6) is 0 Å². The summed E-state index contributed by atoms with van der Waals surface area (Å²) in [6, 6.07) is 0. The second-order valence-electron chi connectivity index (χ2n) is 4.50. The Kier molecular flexibility index (Phi) is 6.42. The van der Waals surface area contributed by atoms with Gasteiger partial charge in [-0.05, 0) is 31.7 Å². The van der Waals surface area contributed by atoms with E-state index in [-0.39, 0.29) is 0 Å². The van der Waals surface area contributed by atoms with Gasteiger partial charge in [-0.2, -0.15) is 0 Å². The Balaban J connectivity index is 2.03. The summed E-state index contributed by atoms with van der Waals surface area (Å²) in [6.07, 6.45) is 3.34. The van der Waals surface area contributed by atoms with Crippen LogP contribution in [0, 0.1) is 5.92 Å². The smallest absolute Gasteiger partial charge is 0.303 e. The zero-order chi connectivity index (χ0) is 11.8. The highest BCUT2D eigenvalue weighted by Crippen LogP contribution is 2.20. The van der Waals surface area contributed by atoms with Gasteiger partial charge in [-0.25, -0.2) is 0 Å². The van der Waals surface area contributed by atoms with Gasteiger partial charge in [0.05, 0.1) is 6.61 Å². The highest BCUT2D eigenvalue weighted by atomic mass is 16.5. The van der Waals surface area contributed by atoms with Gasteiger partial charge in [0.1, 0.15) is 0 Å². The quantitative estimate of drug-likeness (QED) is 0.642. The average Bonchev–Trinajstić information content (AvgIpc) is 2.70. The van der Waals surface area contributed by atoms with E-state index in [1.54, 1.807) is 0 Å². The Bertz CT molecular complexity index is 208. The summed E-state index contributed by atoms with van der Waals surface area (Å²) >= 11 is 0. The summed E-state index contributed by atoms with van der Waals surface area (Å²) in [5, 5.41) is 8.61. The lowest BCUT2D eigenvalue weighted by molar-refractivity contribution is -0.137. The van der Waals surface area contributed by atoms with Gasteiger partial charge < -0.3 is 14.7 Å².